The van der Waals surface area contributed by atoms with Crippen molar-refractivity contribution in [3.05, 3.63) is 24.0 Å². The minimum absolute atomic E-state index is 0.0984. The van der Waals surface area contributed by atoms with Crippen LogP contribution in [-0.2, 0) is 10.0 Å². The Kier molecular flexibility index (Phi) is 5.15. The number of rotatable bonds is 6. The molecule has 0 spiro atoms. The number of nitrogens with two attached hydrogens (primary N) is 1. The van der Waals surface area contributed by atoms with E-state index in [-0.39, 0.29) is 9.88 Å². The molecule has 0 aromatic carbocycles. The molecule has 0 amide bonds. The highest BCUT2D eigenvalue weighted by atomic mass is 32.2. The first-order valence-electron chi connectivity index (χ1n) is 5.23. The third-order valence-electron chi connectivity index (χ3n) is 2.15. The Morgan fingerprint density at radius 2 is 2.17 bits per heavy atom. The van der Waals surface area contributed by atoms with E-state index < -0.39 is 10.0 Å². The molecule has 18 heavy (non-hydrogen) atoms. The number of pyridine rings is 1. The predicted octanol–water partition coefficient (Wildman–Crippen LogP) is -0.444. The van der Waals surface area contributed by atoms with Crippen LogP contribution in [-0.4, -0.2) is 50.5 Å². The van der Waals surface area contributed by atoms with Crippen LogP contribution in [0.1, 0.15) is 5.69 Å². The molecule has 0 atom stereocenters. The molecule has 8 heteroatoms. The maximum absolute atomic E-state index is 11.9. The lowest BCUT2D eigenvalue weighted by Crippen LogP contribution is -2.31. The molecule has 0 saturated heterocycles. The summed E-state index contributed by atoms with van der Waals surface area (Å²) in [5, 5.41) is 0. The summed E-state index contributed by atoms with van der Waals surface area (Å²) < 4.78 is 26.2. The summed E-state index contributed by atoms with van der Waals surface area (Å²) in [5.74, 6) is 0. The van der Waals surface area contributed by atoms with Gasteiger partial charge in [0.05, 0.1) is 5.69 Å². The number of likely N-dealkylation sites (N-methyl/N-ethyl adjacent to an activating group) is 1. The third-order valence-corrected chi connectivity index (χ3v) is 3.81. The summed E-state index contributed by atoms with van der Waals surface area (Å²) >= 11 is 4.74. The van der Waals surface area contributed by atoms with Crippen LogP contribution in [0.2, 0.25) is 0 Å². The normalized spacial score (nSPS) is 11.7. The van der Waals surface area contributed by atoms with Crippen LogP contribution in [0.4, 0.5) is 0 Å². The Morgan fingerprint density at radius 1 is 1.50 bits per heavy atom. The Labute approximate surface area is 112 Å². The van der Waals surface area contributed by atoms with E-state index in [1.165, 1.54) is 18.3 Å². The van der Waals surface area contributed by atoms with Crippen molar-refractivity contribution in [2.75, 3.05) is 27.2 Å². The Balaban J connectivity index is 2.76. The van der Waals surface area contributed by atoms with Gasteiger partial charge in [0.2, 0.25) is 10.0 Å². The lowest BCUT2D eigenvalue weighted by atomic mass is 10.3. The van der Waals surface area contributed by atoms with E-state index in [0.29, 0.717) is 18.8 Å². The molecular formula is C10H16N4O2S2. The highest BCUT2D eigenvalue weighted by molar-refractivity contribution is 7.89. The summed E-state index contributed by atoms with van der Waals surface area (Å²) in [6.45, 7) is 0.962. The first-order chi connectivity index (χ1) is 8.33. The van der Waals surface area contributed by atoms with Crippen molar-refractivity contribution < 1.29 is 8.42 Å². The zero-order valence-electron chi connectivity index (χ0n) is 10.3. The quantitative estimate of drug-likeness (QED) is 0.690. The number of nitrogens with one attached hydrogen (secondary N) is 1. The summed E-state index contributed by atoms with van der Waals surface area (Å²) in [4.78, 5) is 6.01. The van der Waals surface area contributed by atoms with Crippen LogP contribution < -0.4 is 10.5 Å². The Hall–Kier alpha value is -1.09. The minimum Gasteiger partial charge on any atom is -0.388 e. The fourth-order valence-corrected chi connectivity index (χ4v) is 2.26. The minimum atomic E-state index is -3.52. The molecule has 1 rings (SSSR count). The maximum atomic E-state index is 11.9. The molecule has 0 aliphatic heterocycles. The molecular weight excluding hydrogens is 272 g/mol. The monoisotopic (exact) mass is 288 g/mol. The molecule has 1 aromatic heterocycles. The van der Waals surface area contributed by atoms with E-state index in [4.69, 9.17) is 18.0 Å². The molecule has 0 fully saturated rings. The number of aromatic nitrogens is 1. The number of hydrogen-bond acceptors (Lipinski definition) is 5. The topological polar surface area (TPSA) is 88.3 Å². The molecule has 0 bridgehead atoms. The highest BCUT2D eigenvalue weighted by Gasteiger charge is 2.14. The first kappa shape index (κ1) is 15.0. The number of hydrogen-bond donors (Lipinski definition) is 2. The third kappa shape index (κ3) is 4.30. The van der Waals surface area contributed by atoms with Gasteiger partial charge in [-0.3, -0.25) is 4.98 Å². The van der Waals surface area contributed by atoms with Crippen molar-refractivity contribution in [2.45, 2.75) is 4.90 Å². The van der Waals surface area contributed by atoms with E-state index in [1.54, 1.807) is 0 Å². The summed E-state index contributed by atoms with van der Waals surface area (Å²) in [6, 6.07) is 2.92. The van der Waals surface area contributed by atoms with Crippen molar-refractivity contribution in [3.8, 4) is 0 Å². The average molecular weight is 288 g/mol. The average Bonchev–Trinajstić information content (AvgIpc) is 2.28. The van der Waals surface area contributed by atoms with Gasteiger partial charge in [0, 0.05) is 19.3 Å². The van der Waals surface area contributed by atoms with E-state index in [2.05, 4.69) is 9.71 Å². The standard InChI is InChI=1S/C10H16N4O2S2/c1-14(2)6-5-13-18(15,16)8-3-4-9(10(11)17)12-7-8/h3-4,7,13H,5-6H2,1-2H3,(H2,11,17). The van der Waals surface area contributed by atoms with Gasteiger partial charge in [-0.05, 0) is 26.2 Å². The van der Waals surface area contributed by atoms with Crippen molar-refractivity contribution >= 4 is 27.2 Å². The summed E-state index contributed by atoms with van der Waals surface area (Å²) in [7, 11) is 0.214. The van der Waals surface area contributed by atoms with E-state index in [9.17, 15) is 8.42 Å². The maximum Gasteiger partial charge on any atom is 0.242 e. The molecule has 0 radical (unpaired) electrons. The second kappa shape index (κ2) is 6.19. The van der Waals surface area contributed by atoms with Gasteiger partial charge in [-0.2, -0.15) is 0 Å². The lowest BCUT2D eigenvalue weighted by molar-refractivity contribution is 0.412. The fraction of sp³-hybridized carbons (Fsp3) is 0.400. The van der Waals surface area contributed by atoms with Gasteiger partial charge in [-0.25, -0.2) is 13.1 Å². The summed E-state index contributed by atoms with van der Waals surface area (Å²) in [6.07, 6.45) is 1.24. The first-order valence-corrected chi connectivity index (χ1v) is 7.12. The highest BCUT2D eigenvalue weighted by Crippen LogP contribution is 2.07. The van der Waals surface area contributed by atoms with Crippen LogP contribution in [0, 0.1) is 0 Å². The molecule has 100 valence electrons. The van der Waals surface area contributed by atoms with Gasteiger partial charge in [-0.1, -0.05) is 12.2 Å². The predicted molar refractivity (Wildman–Crippen MR) is 73.9 cm³/mol. The van der Waals surface area contributed by atoms with Gasteiger partial charge < -0.3 is 10.6 Å². The Morgan fingerprint density at radius 3 is 2.61 bits per heavy atom. The van der Waals surface area contributed by atoms with Crippen LogP contribution in [0.5, 0.6) is 0 Å². The van der Waals surface area contributed by atoms with E-state index in [0.717, 1.165) is 0 Å². The second-order valence-corrected chi connectivity index (χ2v) is 6.15. The van der Waals surface area contributed by atoms with E-state index in [1.807, 2.05) is 19.0 Å². The van der Waals surface area contributed by atoms with Crippen molar-refractivity contribution in [1.29, 1.82) is 0 Å². The zero-order valence-corrected chi connectivity index (χ0v) is 11.9. The number of thiocarbonyl (C=S) groups is 1. The smallest absolute Gasteiger partial charge is 0.242 e. The van der Waals surface area contributed by atoms with Crippen LogP contribution in [0.15, 0.2) is 23.2 Å². The van der Waals surface area contributed by atoms with Gasteiger partial charge in [-0.15, -0.1) is 0 Å². The van der Waals surface area contributed by atoms with Gasteiger partial charge >= 0.3 is 0 Å². The fourth-order valence-electron chi connectivity index (χ4n) is 1.17. The molecule has 6 nitrogen and oxygen atoms in total. The van der Waals surface area contributed by atoms with Crippen LogP contribution in [0.25, 0.3) is 0 Å². The van der Waals surface area contributed by atoms with Gasteiger partial charge in [0.1, 0.15) is 9.88 Å². The number of nitrogens with zero attached hydrogens (tertiary/aromatic N) is 2. The van der Waals surface area contributed by atoms with Gasteiger partial charge in [0.15, 0.2) is 0 Å². The van der Waals surface area contributed by atoms with Gasteiger partial charge in [0.25, 0.3) is 0 Å². The van der Waals surface area contributed by atoms with Crippen molar-refractivity contribution in [3.63, 3.8) is 0 Å². The summed E-state index contributed by atoms with van der Waals surface area (Å²) in [5.41, 5.74) is 5.78. The SMILES string of the molecule is CN(C)CCNS(=O)(=O)c1ccc(C(N)=S)nc1. The lowest BCUT2D eigenvalue weighted by Gasteiger charge is -2.10. The van der Waals surface area contributed by atoms with Crippen molar-refractivity contribution in [1.82, 2.24) is 14.6 Å². The van der Waals surface area contributed by atoms with Crippen LogP contribution >= 0.6 is 12.2 Å². The molecule has 0 saturated carbocycles. The van der Waals surface area contributed by atoms with Crippen molar-refractivity contribution in [2.24, 2.45) is 5.73 Å². The van der Waals surface area contributed by atoms with Crippen LogP contribution in [0.3, 0.4) is 0 Å². The molecule has 1 aromatic rings. The zero-order chi connectivity index (χ0) is 13.8. The molecule has 3 N–H and O–H groups in total. The largest absolute Gasteiger partial charge is 0.388 e. The second-order valence-electron chi connectivity index (χ2n) is 3.94. The Bertz CT molecular complexity index is 511. The number of sulfonamides is 1. The molecule has 0 unspecified atom stereocenters. The molecule has 0 aliphatic rings. The molecule has 1 heterocycles. The van der Waals surface area contributed by atoms with E-state index >= 15 is 0 Å². The molecule has 0 aliphatic carbocycles.